The summed E-state index contributed by atoms with van der Waals surface area (Å²) in [6.07, 6.45) is 3.66. The molecule has 1 amide bonds. The third-order valence-corrected chi connectivity index (χ3v) is 6.98. The predicted molar refractivity (Wildman–Crippen MR) is 101 cm³/mol. The topological polar surface area (TPSA) is 84.7 Å². The minimum Gasteiger partial charge on any atom is -0.341 e. The number of sulfonamides is 1. The van der Waals surface area contributed by atoms with Crippen LogP contribution in [-0.4, -0.2) is 73.7 Å². The van der Waals surface area contributed by atoms with E-state index in [4.69, 9.17) is 5.26 Å². The Bertz CT molecular complexity index is 856. The predicted octanol–water partition coefficient (Wildman–Crippen LogP) is 1.04. The van der Waals surface area contributed by atoms with Gasteiger partial charge < -0.3 is 4.90 Å². The van der Waals surface area contributed by atoms with Gasteiger partial charge in [-0.25, -0.2) is 8.42 Å². The van der Waals surface area contributed by atoms with Gasteiger partial charge in [-0.15, -0.1) is 6.58 Å². The van der Waals surface area contributed by atoms with Crippen molar-refractivity contribution in [3.05, 3.63) is 42.5 Å². The van der Waals surface area contributed by atoms with E-state index in [1.54, 1.807) is 23.1 Å². The van der Waals surface area contributed by atoms with Crippen LogP contribution in [0.2, 0.25) is 0 Å². The summed E-state index contributed by atoms with van der Waals surface area (Å²) < 4.78 is 27.8. The van der Waals surface area contributed by atoms with Crippen molar-refractivity contribution in [2.45, 2.75) is 23.8 Å². The third-order valence-electron chi connectivity index (χ3n) is 5.08. The van der Waals surface area contributed by atoms with Crippen LogP contribution in [-0.2, 0) is 14.8 Å². The number of likely N-dealkylation sites (tertiary alicyclic amines) is 1. The monoisotopic (exact) mass is 388 g/mol. The highest BCUT2D eigenvalue weighted by atomic mass is 32.2. The van der Waals surface area contributed by atoms with E-state index in [1.807, 2.05) is 11.0 Å². The summed E-state index contributed by atoms with van der Waals surface area (Å²) >= 11 is 0. The molecule has 1 atom stereocenters. The van der Waals surface area contributed by atoms with Gasteiger partial charge in [0.2, 0.25) is 15.9 Å². The minimum atomic E-state index is -3.87. The van der Waals surface area contributed by atoms with Crippen molar-refractivity contribution in [2.24, 2.45) is 0 Å². The molecule has 1 unspecified atom stereocenters. The van der Waals surface area contributed by atoms with Crippen LogP contribution < -0.4 is 0 Å². The fraction of sp³-hybridized carbons (Fsp3) is 0.474. The van der Waals surface area contributed by atoms with E-state index in [1.165, 1.54) is 16.4 Å². The van der Waals surface area contributed by atoms with Crippen molar-refractivity contribution < 1.29 is 13.2 Å². The molecule has 0 aliphatic carbocycles. The molecule has 0 bridgehead atoms. The van der Waals surface area contributed by atoms with Gasteiger partial charge in [-0.2, -0.15) is 9.57 Å². The maximum absolute atomic E-state index is 13.3. The van der Waals surface area contributed by atoms with Gasteiger partial charge in [0.15, 0.2) is 0 Å². The summed E-state index contributed by atoms with van der Waals surface area (Å²) in [4.78, 5) is 16.9. The SMILES string of the molecule is C=CCN1CCN(S(=O)(=O)c2cccc(C#N)c2)C(C(=O)N2CCCC2)C1. The Balaban J connectivity index is 1.93. The summed E-state index contributed by atoms with van der Waals surface area (Å²) in [7, 11) is -3.87. The molecule has 0 saturated carbocycles. The molecule has 2 aliphatic rings. The average Bonchev–Trinajstić information content (AvgIpc) is 3.22. The van der Waals surface area contributed by atoms with E-state index >= 15 is 0 Å². The van der Waals surface area contributed by atoms with Crippen molar-refractivity contribution in [1.29, 1.82) is 5.26 Å². The number of hydrogen-bond acceptors (Lipinski definition) is 5. The summed E-state index contributed by atoms with van der Waals surface area (Å²) in [5.74, 6) is -0.138. The van der Waals surface area contributed by atoms with E-state index in [9.17, 15) is 13.2 Å². The van der Waals surface area contributed by atoms with E-state index < -0.39 is 16.1 Å². The van der Waals surface area contributed by atoms with E-state index in [2.05, 4.69) is 6.58 Å². The lowest BCUT2D eigenvalue weighted by molar-refractivity contribution is -0.136. The normalized spacial score (nSPS) is 21.7. The maximum atomic E-state index is 13.3. The second kappa shape index (κ2) is 8.21. The fourth-order valence-corrected chi connectivity index (χ4v) is 5.28. The molecule has 2 heterocycles. The highest BCUT2D eigenvalue weighted by molar-refractivity contribution is 7.89. The Kier molecular flexibility index (Phi) is 5.95. The first kappa shape index (κ1) is 19.5. The first-order valence-electron chi connectivity index (χ1n) is 9.11. The van der Waals surface area contributed by atoms with Gasteiger partial charge in [0.25, 0.3) is 0 Å². The molecule has 1 aromatic rings. The molecule has 3 rings (SSSR count). The van der Waals surface area contributed by atoms with Gasteiger partial charge in [0.05, 0.1) is 16.5 Å². The van der Waals surface area contributed by atoms with Crippen LogP contribution in [0.1, 0.15) is 18.4 Å². The molecular formula is C19H24N4O3S. The second-order valence-corrected chi connectivity index (χ2v) is 8.74. The number of hydrogen-bond donors (Lipinski definition) is 0. The van der Waals surface area contributed by atoms with Crippen molar-refractivity contribution in [3.63, 3.8) is 0 Å². The van der Waals surface area contributed by atoms with Crippen LogP contribution in [0, 0.1) is 11.3 Å². The Morgan fingerprint density at radius 2 is 2.00 bits per heavy atom. The molecule has 8 heteroatoms. The zero-order valence-corrected chi connectivity index (χ0v) is 16.1. The van der Waals surface area contributed by atoms with Crippen molar-refractivity contribution in [2.75, 3.05) is 39.3 Å². The van der Waals surface area contributed by atoms with Crippen LogP contribution >= 0.6 is 0 Å². The molecule has 2 fully saturated rings. The van der Waals surface area contributed by atoms with Gasteiger partial charge in [-0.05, 0) is 31.0 Å². The quantitative estimate of drug-likeness (QED) is 0.704. The van der Waals surface area contributed by atoms with Gasteiger partial charge in [0, 0.05) is 39.3 Å². The number of nitrogens with zero attached hydrogens (tertiary/aromatic N) is 4. The molecule has 0 spiro atoms. The van der Waals surface area contributed by atoms with Crippen molar-refractivity contribution in [3.8, 4) is 6.07 Å². The molecule has 1 aromatic carbocycles. The summed E-state index contributed by atoms with van der Waals surface area (Å²) in [6, 6.07) is 7.17. The molecule has 0 N–H and O–H groups in total. The van der Waals surface area contributed by atoms with Crippen LogP contribution in [0.15, 0.2) is 41.8 Å². The van der Waals surface area contributed by atoms with Gasteiger partial charge in [0.1, 0.15) is 6.04 Å². The van der Waals surface area contributed by atoms with Crippen molar-refractivity contribution >= 4 is 15.9 Å². The lowest BCUT2D eigenvalue weighted by atomic mass is 10.2. The number of piperazine rings is 1. The number of carbonyl (C=O) groups excluding carboxylic acids is 1. The molecule has 2 aliphatic heterocycles. The van der Waals surface area contributed by atoms with E-state index in [-0.39, 0.29) is 22.9 Å². The third kappa shape index (κ3) is 4.05. The molecule has 0 aromatic heterocycles. The average molecular weight is 388 g/mol. The Labute approximate surface area is 160 Å². The number of rotatable bonds is 5. The van der Waals surface area contributed by atoms with E-state index in [0.717, 1.165) is 12.8 Å². The Morgan fingerprint density at radius 1 is 1.26 bits per heavy atom. The Hall–Kier alpha value is -2.21. The van der Waals surface area contributed by atoms with Gasteiger partial charge in [-0.1, -0.05) is 12.1 Å². The molecule has 27 heavy (non-hydrogen) atoms. The number of amides is 1. The highest BCUT2D eigenvalue weighted by Gasteiger charge is 2.41. The van der Waals surface area contributed by atoms with Gasteiger partial charge >= 0.3 is 0 Å². The molecule has 0 radical (unpaired) electrons. The number of carbonyl (C=O) groups is 1. The summed E-state index contributed by atoms with van der Waals surface area (Å²) in [5, 5.41) is 9.08. The largest absolute Gasteiger partial charge is 0.341 e. The smallest absolute Gasteiger partial charge is 0.243 e. The first-order chi connectivity index (χ1) is 13.0. The first-order valence-corrected chi connectivity index (χ1v) is 10.6. The fourth-order valence-electron chi connectivity index (χ4n) is 3.67. The Morgan fingerprint density at radius 3 is 2.67 bits per heavy atom. The molecule has 144 valence electrons. The van der Waals surface area contributed by atoms with Gasteiger partial charge in [-0.3, -0.25) is 9.69 Å². The lowest BCUT2D eigenvalue weighted by Gasteiger charge is -2.40. The van der Waals surface area contributed by atoms with Crippen LogP contribution in [0.3, 0.4) is 0 Å². The lowest BCUT2D eigenvalue weighted by Crippen LogP contribution is -2.60. The molecule has 2 saturated heterocycles. The van der Waals surface area contributed by atoms with Crippen LogP contribution in [0.4, 0.5) is 0 Å². The molecule has 7 nitrogen and oxygen atoms in total. The van der Waals surface area contributed by atoms with E-state index in [0.29, 0.717) is 32.7 Å². The minimum absolute atomic E-state index is 0.0537. The summed E-state index contributed by atoms with van der Waals surface area (Å²) in [6.45, 7) is 6.81. The van der Waals surface area contributed by atoms with Crippen LogP contribution in [0.5, 0.6) is 0 Å². The zero-order chi connectivity index (χ0) is 19.4. The number of nitriles is 1. The van der Waals surface area contributed by atoms with Crippen LogP contribution in [0.25, 0.3) is 0 Å². The second-order valence-electron chi connectivity index (χ2n) is 6.85. The standard InChI is InChI=1S/C19H24N4O3S/c1-2-8-21-11-12-23(18(15-21)19(24)22-9-3-4-10-22)27(25,26)17-7-5-6-16(13-17)14-20/h2,5-7,13,18H,1,3-4,8-12,15H2. The number of benzene rings is 1. The maximum Gasteiger partial charge on any atom is 0.243 e. The molecular weight excluding hydrogens is 364 g/mol. The summed E-state index contributed by atoms with van der Waals surface area (Å²) in [5.41, 5.74) is 0.281. The highest BCUT2D eigenvalue weighted by Crippen LogP contribution is 2.24. The zero-order valence-electron chi connectivity index (χ0n) is 15.2. The van der Waals surface area contributed by atoms with Crippen molar-refractivity contribution in [1.82, 2.24) is 14.1 Å².